The monoisotopic (exact) mass is 330 g/mol. The van der Waals surface area contributed by atoms with Gasteiger partial charge in [-0.15, -0.1) is 0 Å². The second kappa shape index (κ2) is 8.18. The lowest BCUT2D eigenvalue weighted by Crippen LogP contribution is -2.36. The van der Waals surface area contributed by atoms with E-state index in [0.717, 1.165) is 11.1 Å². The quantitative estimate of drug-likeness (QED) is 0.819. The summed E-state index contributed by atoms with van der Waals surface area (Å²) in [6.45, 7) is 8.10. The Kier molecular flexibility index (Phi) is 6.23. The molecule has 2 aromatic rings. The largest absolute Gasteiger partial charge is 0.491 e. The van der Waals surface area contributed by atoms with Crippen LogP contribution in [0.15, 0.2) is 36.4 Å². The Hall–Kier alpha value is -2.04. The number of ether oxygens (including phenoxy) is 2. The van der Waals surface area contributed by atoms with Crippen molar-refractivity contribution >= 4 is 0 Å². The van der Waals surface area contributed by atoms with E-state index in [-0.39, 0.29) is 13.2 Å². The highest BCUT2D eigenvalue weighted by molar-refractivity contribution is 5.34. The smallest absolute Gasteiger partial charge is 0.119 e. The summed E-state index contributed by atoms with van der Waals surface area (Å²) >= 11 is 0. The Morgan fingerprint density at radius 2 is 1.04 bits per heavy atom. The van der Waals surface area contributed by atoms with Crippen LogP contribution >= 0.6 is 0 Å². The van der Waals surface area contributed by atoms with Gasteiger partial charge >= 0.3 is 0 Å². The standard InChI is InChI=1S/C20H26O4/c1-13-5-7-17(9-15(13)3)23-11-19(21)20(22)12-24-18-8-6-14(2)16(4)10-18/h5-10,19-22H,11-12H2,1-4H3/t19-,20-/m0/s1. The Balaban J connectivity index is 1.81. The van der Waals surface area contributed by atoms with Gasteiger partial charge in [0.2, 0.25) is 0 Å². The Morgan fingerprint density at radius 1 is 0.667 bits per heavy atom. The predicted molar refractivity (Wildman–Crippen MR) is 94.8 cm³/mol. The second-order valence-electron chi connectivity index (χ2n) is 6.25. The number of hydrogen-bond acceptors (Lipinski definition) is 4. The van der Waals surface area contributed by atoms with Crippen molar-refractivity contribution in [3.8, 4) is 11.5 Å². The first-order valence-electron chi connectivity index (χ1n) is 8.13. The van der Waals surface area contributed by atoms with E-state index in [2.05, 4.69) is 0 Å². The maximum absolute atomic E-state index is 10.0. The lowest BCUT2D eigenvalue weighted by Gasteiger charge is -2.19. The van der Waals surface area contributed by atoms with Crippen LogP contribution < -0.4 is 9.47 Å². The molecule has 4 heteroatoms. The molecule has 0 radical (unpaired) electrons. The third-order valence-corrected chi connectivity index (χ3v) is 4.24. The molecule has 0 spiro atoms. The molecule has 0 aliphatic heterocycles. The van der Waals surface area contributed by atoms with Crippen molar-refractivity contribution in [3.05, 3.63) is 58.7 Å². The van der Waals surface area contributed by atoms with Crippen molar-refractivity contribution in [2.45, 2.75) is 39.9 Å². The molecule has 2 aromatic carbocycles. The van der Waals surface area contributed by atoms with E-state index in [1.165, 1.54) is 11.1 Å². The van der Waals surface area contributed by atoms with Gasteiger partial charge in [0.15, 0.2) is 0 Å². The van der Waals surface area contributed by atoms with Gasteiger partial charge in [0.05, 0.1) is 0 Å². The van der Waals surface area contributed by atoms with Crippen molar-refractivity contribution in [3.63, 3.8) is 0 Å². The van der Waals surface area contributed by atoms with Gasteiger partial charge in [-0.05, 0) is 74.2 Å². The Bertz CT molecular complexity index is 622. The van der Waals surface area contributed by atoms with Crippen LogP contribution in [0.2, 0.25) is 0 Å². The van der Waals surface area contributed by atoms with Crippen molar-refractivity contribution in [1.82, 2.24) is 0 Å². The summed E-state index contributed by atoms with van der Waals surface area (Å²) in [5, 5.41) is 20.0. The zero-order chi connectivity index (χ0) is 17.7. The molecule has 0 aromatic heterocycles. The van der Waals surface area contributed by atoms with Gasteiger partial charge < -0.3 is 19.7 Å². The lowest BCUT2D eigenvalue weighted by molar-refractivity contribution is -0.0288. The van der Waals surface area contributed by atoms with E-state index in [0.29, 0.717) is 11.5 Å². The molecule has 0 saturated heterocycles. The summed E-state index contributed by atoms with van der Waals surface area (Å²) in [7, 11) is 0. The van der Waals surface area contributed by atoms with Gasteiger partial charge in [-0.25, -0.2) is 0 Å². The van der Waals surface area contributed by atoms with Crippen LogP contribution in [0.25, 0.3) is 0 Å². The van der Waals surface area contributed by atoms with Crippen LogP contribution in [0, 0.1) is 27.7 Å². The summed E-state index contributed by atoms with van der Waals surface area (Å²) in [4.78, 5) is 0. The second-order valence-corrected chi connectivity index (χ2v) is 6.25. The zero-order valence-corrected chi connectivity index (χ0v) is 14.7. The Labute approximate surface area is 143 Å². The van der Waals surface area contributed by atoms with Crippen LogP contribution in [-0.4, -0.2) is 35.6 Å². The number of aliphatic hydroxyl groups excluding tert-OH is 2. The van der Waals surface area contributed by atoms with Gasteiger partial charge in [0.1, 0.15) is 36.9 Å². The molecule has 0 bridgehead atoms. The minimum atomic E-state index is -1.02. The Morgan fingerprint density at radius 3 is 1.38 bits per heavy atom. The first kappa shape index (κ1) is 18.3. The number of hydrogen-bond donors (Lipinski definition) is 2. The molecule has 2 atom stereocenters. The molecule has 4 nitrogen and oxygen atoms in total. The van der Waals surface area contributed by atoms with Gasteiger partial charge in [0.25, 0.3) is 0 Å². The first-order chi connectivity index (χ1) is 11.4. The molecule has 0 aliphatic rings. The fourth-order valence-electron chi connectivity index (χ4n) is 2.19. The molecule has 2 rings (SSSR count). The topological polar surface area (TPSA) is 58.9 Å². The molecule has 0 heterocycles. The molecule has 0 unspecified atom stereocenters. The van der Waals surface area contributed by atoms with Crippen molar-refractivity contribution in [2.75, 3.05) is 13.2 Å². The number of rotatable bonds is 7. The van der Waals surface area contributed by atoms with Crippen LogP contribution in [0.5, 0.6) is 11.5 Å². The predicted octanol–water partition coefficient (Wildman–Crippen LogP) is 3.10. The maximum Gasteiger partial charge on any atom is 0.119 e. The normalized spacial score (nSPS) is 13.4. The lowest BCUT2D eigenvalue weighted by atomic mass is 10.1. The van der Waals surface area contributed by atoms with Gasteiger partial charge in [-0.3, -0.25) is 0 Å². The third-order valence-electron chi connectivity index (χ3n) is 4.24. The highest BCUT2D eigenvalue weighted by Crippen LogP contribution is 2.18. The van der Waals surface area contributed by atoms with E-state index < -0.39 is 12.2 Å². The molecule has 24 heavy (non-hydrogen) atoms. The van der Waals surface area contributed by atoms with Gasteiger partial charge in [-0.1, -0.05) is 12.1 Å². The third kappa shape index (κ3) is 4.98. The highest BCUT2D eigenvalue weighted by Gasteiger charge is 2.18. The van der Waals surface area contributed by atoms with Crippen LogP contribution in [0.4, 0.5) is 0 Å². The summed E-state index contributed by atoms with van der Waals surface area (Å²) in [5.74, 6) is 1.36. The molecule has 0 saturated carbocycles. The fourth-order valence-corrected chi connectivity index (χ4v) is 2.19. The average Bonchev–Trinajstić information content (AvgIpc) is 2.56. The van der Waals surface area contributed by atoms with E-state index >= 15 is 0 Å². The van der Waals surface area contributed by atoms with Crippen LogP contribution in [-0.2, 0) is 0 Å². The number of aryl methyl sites for hydroxylation is 4. The average molecular weight is 330 g/mol. The van der Waals surface area contributed by atoms with Crippen molar-refractivity contribution < 1.29 is 19.7 Å². The molecule has 0 amide bonds. The molecule has 130 valence electrons. The van der Waals surface area contributed by atoms with Crippen molar-refractivity contribution in [2.24, 2.45) is 0 Å². The maximum atomic E-state index is 10.0. The first-order valence-corrected chi connectivity index (χ1v) is 8.13. The zero-order valence-electron chi connectivity index (χ0n) is 14.7. The van der Waals surface area contributed by atoms with E-state index in [1.807, 2.05) is 64.1 Å². The minimum Gasteiger partial charge on any atom is -0.491 e. The molecule has 0 aliphatic carbocycles. The summed E-state index contributed by atoms with van der Waals surface area (Å²) in [6.07, 6.45) is -2.03. The summed E-state index contributed by atoms with van der Waals surface area (Å²) < 4.78 is 11.1. The minimum absolute atomic E-state index is 0.0138. The van der Waals surface area contributed by atoms with E-state index in [9.17, 15) is 10.2 Å². The van der Waals surface area contributed by atoms with Gasteiger partial charge in [0, 0.05) is 0 Å². The number of benzene rings is 2. The summed E-state index contributed by atoms with van der Waals surface area (Å²) in [6, 6.07) is 11.5. The van der Waals surface area contributed by atoms with Crippen LogP contribution in [0.1, 0.15) is 22.3 Å². The molecular weight excluding hydrogens is 304 g/mol. The van der Waals surface area contributed by atoms with E-state index in [4.69, 9.17) is 9.47 Å². The number of aliphatic hydroxyl groups is 2. The van der Waals surface area contributed by atoms with Crippen LogP contribution in [0.3, 0.4) is 0 Å². The van der Waals surface area contributed by atoms with E-state index in [1.54, 1.807) is 0 Å². The SMILES string of the molecule is Cc1ccc(OC[C@H](O)[C@@H](O)COc2ccc(C)c(C)c2)cc1C. The van der Waals surface area contributed by atoms with Crippen molar-refractivity contribution in [1.29, 1.82) is 0 Å². The molecule has 2 N–H and O–H groups in total. The molecule has 0 fully saturated rings. The highest BCUT2D eigenvalue weighted by atomic mass is 16.5. The molecular formula is C20H26O4. The fraction of sp³-hybridized carbons (Fsp3) is 0.400. The van der Waals surface area contributed by atoms with Gasteiger partial charge in [-0.2, -0.15) is 0 Å². The summed E-state index contributed by atoms with van der Waals surface area (Å²) in [5.41, 5.74) is 4.62.